The Balaban J connectivity index is 1.94. The molecule has 8 heteroatoms. The van der Waals surface area contributed by atoms with E-state index in [4.69, 9.17) is 26.4 Å². The zero-order chi connectivity index (χ0) is 18.7. The van der Waals surface area contributed by atoms with Crippen molar-refractivity contribution in [3.05, 3.63) is 36.0 Å². The maximum atomic E-state index is 13.2. The number of rotatable bonds is 4. The second-order valence-corrected chi connectivity index (χ2v) is 6.54. The standard InChI is InChI=1S/C18H23N3O4S/c1-11-15(17(22)21-6-8-25-9-7-21)16(20-18(26)19-11)12-4-5-13(23-2)14(10-12)24-3/h4-5,10,15-16H,1,6-9H2,2-3H3,(H2,19,20,26)/t15-,16+/m0/s1. The maximum absolute atomic E-state index is 13.2. The van der Waals surface area contributed by atoms with Gasteiger partial charge in [-0.1, -0.05) is 12.6 Å². The third kappa shape index (κ3) is 3.61. The molecule has 0 unspecified atom stereocenters. The summed E-state index contributed by atoms with van der Waals surface area (Å²) >= 11 is 5.28. The second-order valence-electron chi connectivity index (χ2n) is 6.13. The minimum Gasteiger partial charge on any atom is -0.493 e. The number of methoxy groups -OCH3 is 2. The number of ether oxygens (including phenoxy) is 3. The van der Waals surface area contributed by atoms with E-state index >= 15 is 0 Å². The van der Waals surface area contributed by atoms with E-state index in [1.807, 2.05) is 23.1 Å². The molecule has 2 fully saturated rings. The van der Waals surface area contributed by atoms with Crippen molar-refractivity contribution in [2.24, 2.45) is 5.92 Å². The molecular formula is C18H23N3O4S. The SMILES string of the molecule is C=C1NC(=S)N[C@H](c2ccc(OC)c(OC)c2)[C@H]1C(=O)N1CCOCC1. The highest BCUT2D eigenvalue weighted by atomic mass is 32.1. The van der Waals surface area contributed by atoms with Gasteiger partial charge in [-0.25, -0.2) is 0 Å². The lowest BCUT2D eigenvalue weighted by Gasteiger charge is -2.39. The quantitative estimate of drug-likeness (QED) is 0.764. The van der Waals surface area contributed by atoms with Gasteiger partial charge in [0.1, 0.15) is 5.92 Å². The molecule has 2 atom stereocenters. The first-order valence-corrected chi connectivity index (χ1v) is 8.80. The molecule has 1 aromatic rings. The van der Waals surface area contributed by atoms with Gasteiger partial charge < -0.3 is 29.7 Å². The summed E-state index contributed by atoms with van der Waals surface area (Å²) in [7, 11) is 3.17. The minimum absolute atomic E-state index is 0.000542. The molecule has 2 N–H and O–H groups in total. The summed E-state index contributed by atoms with van der Waals surface area (Å²) in [6.45, 7) is 6.28. The fraction of sp³-hybridized carbons (Fsp3) is 0.444. The average Bonchev–Trinajstić information content (AvgIpc) is 2.67. The van der Waals surface area contributed by atoms with Crippen LogP contribution in [0.15, 0.2) is 30.5 Å². The van der Waals surface area contributed by atoms with Crippen LogP contribution >= 0.6 is 12.2 Å². The molecule has 2 aliphatic heterocycles. The van der Waals surface area contributed by atoms with Gasteiger partial charge in [0, 0.05) is 18.8 Å². The zero-order valence-corrected chi connectivity index (χ0v) is 15.7. The lowest BCUT2D eigenvalue weighted by atomic mass is 9.87. The second kappa shape index (κ2) is 7.92. The number of nitrogens with zero attached hydrogens (tertiary/aromatic N) is 1. The lowest BCUT2D eigenvalue weighted by Crippen LogP contribution is -2.55. The molecule has 0 aromatic heterocycles. The molecule has 0 saturated carbocycles. The largest absolute Gasteiger partial charge is 0.493 e. The number of thiocarbonyl (C=S) groups is 1. The van der Waals surface area contributed by atoms with E-state index < -0.39 is 5.92 Å². The lowest BCUT2D eigenvalue weighted by molar-refractivity contribution is -0.139. The van der Waals surface area contributed by atoms with Crippen LogP contribution in [0.3, 0.4) is 0 Å². The Hall–Kier alpha value is -2.32. The van der Waals surface area contributed by atoms with E-state index in [1.165, 1.54) is 0 Å². The van der Waals surface area contributed by atoms with Gasteiger partial charge in [0.05, 0.1) is 33.5 Å². The molecule has 1 aromatic carbocycles. The van der Waals surface area contributed by atoms with Gasteiger partial charge in [-0.3, -0.25) is 4.79 Å². The van der Waals surface area contributed by atoms with Gasteiger partial charge in [-0.05, 0) is 29.9 Å². The summed E-state index contributed by atoms with van der Waals surface area (Å²) in [5.41, 5.74) is 1.46. The Morgan fingerprint density at radius 1 is 1.27 bits per heavy atom. The maximum Gasteiger partial charge on any atom is 0.234 e. The molecule has 2 heterocycles. The topological polar surface area (TPSA) is 72.1 Å². The van der Waals surface area contributed by atoms with Crippen molar-refractivity contribution in [1.82, 2.24) is 15.5 Å². The number of morpholine rings is 1. The molecule has 1 amide bonds. The van der Waals surface area contributed by atoms with Crippen LogP contribution < -0.4 is 20.1 Å². The predicted octanol–water partition coefficient (Wildman–Crippen LogP) is 1.21. The fourth-order valence-corrected chi connectivity index (χ4v) is 3.54. The molecule has 2 aliphatic rings. The highest BCUT2D eigenvalue weighted by Gasteiger charge is 2.39. The molecule has 0 aliphatic carbocycles. The number of carbonyl (C=O) groups is 1. The average molecular weight is 377 g/mol. The van der Waals surface area contributed by atoms with Crippen molar-refractivity contribution in [1.29, 1.82) is 0 Å². The molecule has 3 rings (SSSR count). The Morgan fingerprint density at radius 2 is 1.96 bits per heavy atom. The van der Waals surface area contributed by atoms with E-state index in [2.05, 4.69) is 17.2 Å². The number of hydrogen-bond donors (Lipinski definition) is 2. The van der Waals surface area contributed by atoms with Crippen molar-refractivity contribution in [2.75, 3.05) is 40.5 Å². The highest BCUT2D eigenvalue weighted by Crippen LogP contribution is 2.36. The number of hydrogen-bond acceptors (Lipinski definition) is 5. The van der Waals surface area contributed by atoms with Crippen LogP contribution in [0.25, 0.3) is 0 Å². The number of benzene rings is 1. The van der Waals surface area contributed by atoms with Crippen LogP contribution in [0.5, 0.6) is 11.5 Å². The van der Waals surface area contributed by atoms with Crippen LogP contribution in [0, 0.1) is 5.92 Å². The number of carbonyl (C=O) groups excluding carboxylic acids is 1. The van der Waals surface area contributed by atoms with Crippen molar-refractivity contribution < 1.29 is 19.0 Å². The normalized spacial score (nSPS) is 23.1. The number of amides is 1. The third-order valence-electron chi connectivity index (χ3n) is 4.62. The van der Waals surface area contributed by atoms with Gasteiger partial charge >= 0.3 is 0 Å². The summed E-state index contributed by atoms with van der Waals surface area (Å²) in [5.74, 6) is 0.737. The van der Waals surface area contributed by atoms with E-state index in [-0.39, 0.29) is 11.9 Å². The zero-order valence-electron chi connectivity index (χ0n) is 14.9. The van der Waals surface area contributed by atoms with Crippen LogP contribution in [0.1, 0.15) is 11.6 Å². The molecular weight excluding hydrogens is 354 g/mol. The molecule has 0 radical (unpaired) electrons. The molecule has 140 valence electrons. The van der Waals surface area contributed by atoms with E-state index in [1.54, 1.807) is 14.2 Å². The van der Waals surface area contributed by atoms with Gasteiger partial charge in [-0.2, -0.15) is 0 Å². The van der Waals surface area contributed by atoms with Gasteiger partial charge in [-0.15, -0.1) is 0 Å². The summed E-state index contributed by atoms with van der Waals surface area (Å²) < 4.78 is 16.0. The first-order valence-electron chi connectivity index (χ1n) is 8.40. The van der Waals surface area contributed by atoms with Crippen LogP contribution in [0.2, 0.25) is 0 Å². The Morgan fingerprint density at radius 3 is 2.62 bits per heavy atom. The molecule has 2 saturated heterocycles. The van der Waals surface area contributed by atoms with Crippen LogP contribution in [-0.2, 0) is 9.53 Å². The van der Waals surface area contributed by atoms with Crippen LogP contribution in [0.4, 0.5) is 0 Å². The molecule has 0 spiro atoms. The fourth-order valence-electron chi connectivity index (χ4n) is 3.28. The van der Waals surface area contributed by atoms with Crippen molar-refractivity contribution in [2.45, 2.75) is 6.04 Å². The summed E-state index contributed by atoms with van der Waals surface area (Å²) in [6.07, 6.45) is 0. The Kier molecular flexibility index (Phi) is 5.63. The number of nitrogens with one attached hydrogen (secondary N) is 2. The van der Waals surface area contributed by atoms with Crippen LogP contribution in [-0.4, -0.2) is 56.4 Å². The first-order chi connectivity index (χ1) is 12.5. The Bertz CT molecular complexity index is 718. The van der Waals surface area contributed by atoms with E-state index in [9.17, 15) is 4.79 Å². The summed E-state index contributed by atoms with van der Waals surface area (Å²) in [4.78, 5) is 15.0. The summed E-state index contributed by atoms with van der Waals surface area (Å²) in [5, 5.41) is 6.64. The van der Waals surface area contributed by atoms with Crippen molar-refractivity contribution >= 4 is 23.2 Å². The van der Waals surface area contributed by atoms with Crippen molar-refractivity contribution in [3.63, 3.8) is 0 Å². The van der Waals surface area contributed by atoms with Gasteiger partial charge in [0.2, 0.25) is 5.91 Å². The highest BCUT2D eigenvalue weighted by molar-refractivity contribution is 7.80. The molecule has 26 heavy (non-hydrogen) atoms. The third-order valence-corrected chi connectivity index (χ3v) is 4.84. The molecule has 0 bridgehead atoms. The predicted molar refractivity (Wildman–Crippen MR) is 101 cm³/mol. The Labute approximate surface area is 158 Å². The smallest absolute Gasteiger partial charge is 0.234 e. The summed E-state index contributed by atoms with van der Waals surface area (Å²) in [6, 6.07) is 5.24. The van der Waals surface area contributed by atoms with Gasteiger partial charge in [0.15, 0.2) is 16.6 Å². The first kappa shape index (κ1) is 18.5. The van der Waals surface area contributed by atoms with E-state index in [0.717, 1.165) is 5.56 Å². The van der Waals surface area contributed by atoms with E-state index in [0.29, 0.717) is 48.6 Å². The molecule has 7 nitrogen and oxygen atoms in total. The monoisotopic (exact) mass is 377 g/mol. The minimum atomic E-state index is -0.488. The van der Waals surface area contributed by atoms with Gasteiger partial charge in [0.25, 0.3) is 0 Å². The van der Waals surface area contributed by atoms with Crippen molar-refractivity contribution in [3.8, 4) is 11.5 Å².